The Bertz CT molecular complexity index is 1280. The molecule has 0 saturated carbocycles. The van der Waals surface area contributed by atoms with Crippen molar-refractivity contribution in [2.24, 2.45) is 0 Å². The van der Waals surface area contributed by atoms with E-state index in [4.69, 9.17) is 5.21 Å². The van der Waals surface area contributed by atoms with Gasteiger partial charge in [-0.1, -0.05) is 36.4 Å². The summed E-state index contributed by atoms with van der Waals surface area (Å²) in [5.74, 6) is -0.538. The van der Waals surface area contributed by atoms with E-state index in [1.54, 1.807) is 17.8 Å². The highest BCUT2D eigenvalue weighted by atomic mass is 16.5. The predicted octanol–water partition coefficient (Wildman–Crippen LogP) is 3.54. The van der Waals surface area contributed by atoms with Gasteiger partial charge in [-0.15, -0.1) is 0 Å². The van der Waals surface area contributed by atoms with E-state index in [1.165, 1.54) is 28.2 Å². The number of aryl methyl sites for hydroxylation is 1. The lowest BCUT2D eigenvalue weighted by Crippen LogP contribution is -2.29. The fourth-order valence-electron chi connectivity index (χ4n) is 4.76. The summed E-state index contributed by atoms with van der Waals surface area (Å²) in [5, 5.41) is 20.9. The van der Waals surface area contributed by atoms with Crippen LogP contribution in [0.15, 0.2) is 60.9 Å². The number of H-pyrrole nitrogens is 2. The third kappa shape index (κ3) is 4.57. The maximum absolute atomic E-state index is 11.3. The maximum Gasteiger partial charge on any atom is 0.267 e. The molecule has 2 aromatic carbocycles. The van der Waals surface area contributed by atoms with Crippen molar-refractivity contribution in [3.8, 4) is 0 Å². The topological polar surface area (TPSA) is 110 Å². The lowest BCUT2D eigenvalue weighted by atomic mass is 10.0. The Balaban J connectivity index is 1.37. The van der Waals surface area contributed by atoms with E-state index in [-0.39, 0.29) is 0 Å². The lowest BCUT2D eigenvalue weighted by molar-refractivity contribution is -0.124. The van der Waals surface area contributed by atoms with Crippen LogP contribution in [0.4, 0.5) is 0 Å². The third-order valence-corrected chi connectivity index (χ3v) is 6.36. The van der Waals surface area contributed by atoms with Crippen LogP contribution in [0, 0.1) is 0 Å². The minimum absolute atomic E-state index is 0.292. The molecule has 0 fully saturated rings. The largest absolute Gasteiger partial charge is 0.361 e. The van der Waals surface area contributed by atoms with Crippen molar-refractivity contribution in [1.29, 1.82) is 0 Å². The van der Waals surface area contributed by atoms with Crippen LogP contribution >= 0.6 is 0 Å². The summed E-state index contributed by atoms with van der Waals surface area (Å²) < 4.78 is 0. The number of hydrogen-bond donors (Lipinski definition) is 4. The first-order chi connectivity index (χ1) is 16.2. The van der Waals surface area contributed by atoms with Gasteiger partial charge < -0.3 is 4.98 Å². The number of carbonyl (C=O) groups is 1. The number of aromatic amines is 2. The minimum atomic E-state index is -0.538. The van der Waals surface area contributed by atoms with Crippen molar-refractivity contribution in [2.45, 2.75) is 31.8 Å². The number of para-hydroxylation sites is 1. The number of carbonyl (C=O) groups excluding carboxylic acids is 1. The summed E-state index contributed by atoms with van der Waals surface area (Å²) in [7, 11) is 0. The SMILES string of the molecule is O=C(C=Cc1ccc2c(c1)CCC2N(CCc1c[nH]c2ccccc12)Cc1cn[nH]n1)NO. The van der Waals surface area contributed by atoms with Gasteiger partial charge in [0.25, 0.3) is 5.91 Å². The molecule has 1 aliphatic carbocycles. The van der Waals surface area contributed by atoms with Crippen molar-refractivity contribution in [3.63, 3.8) is 0 Å². The van der Waals surface area contributed by atoms with Crippen LogP contribution in [-0.4, -0.2) is 43.0 Å². The molecule has 2 aromatic heterocycles. The van der Waals surface area contributed by atoms with Gasteiger partial charge in [-0.3, -0.25) is 14.9 Å². The molecule has 1 atom stereocenters. The van der Waals surface area contributed by atoms with E-state index in [2.05, 4.69) is 67.9 Å². The zero-order valence-corrected chi connectivity index (χ0v) is 18.2. The molecule has 8 nitrogen and oxygen atoms in total. The summed E-state index contributed by atoms with van der Waals surface area (Å²) in [4.78, 5) is 17.2. The zero-order valence-electron chi connectivity index (χ0n) is 18.2. The highest BCUT2D eigenvalue weighted by Gasteiger charge is 2.28. The number of aromatic nitrogens is 4. The number of fused-ring (bicyclic) bond motifs is 2. The zero-order chi connectivity index (χ0) is 22.6. The van der Waals surface area contributed by atoms with Gasteiger partial charge in [0.1, 0.15) is 0 Å². The molecule has 1 aliphatic rings. The minimum Gasteiger partial charge on any atom is -0.361 e. The van der Waals surface area contributed by atoms with Crippen LogP contribution in [0.2, 0.25) is 0 Å². The molecular formula is C25H26N6O2. The van der Waals surface area contributed by atoms with Gasteiger partial charge in [0.2, 0.25) is 0 Å². The molecule has 0 spiro atoms. The van der Waals surface area contributed by atoms with Crippen LogP contribution in [-0.2, 0) is 24.2 Å². The molecule has 0 bridgehead atoms. The average Bonchev–Trinajstić information content (AvgIpc) is 3.60. The monoisotopic (exact) mass is 442 g/mol. The van der Waals surface area contributed by atoms with Crippen LogP contribution in [0.3, 0.4) is 0 Å². The molecule has 1 unspecified atom stereocenters. The van der Waals surface area contributed by atoms with Gasteiger partial charge >= 0.3 is 0 Å². The Morgan fingerprint density at radius 2 is 2.18 bits per heavy atom. The summed E-state index contributed by atoms with van der Waals surface area (Å²) in [6, 6.07) is 15.0. The molecule has 0 aliphatic heterocycles. The number of amides is 1. The van der Waals surface area contributed by atoms with E-state index in [9.17, 15) is 4.79 Å². The standard InChI is InChI=1S/C25H26N6O2/c32-25(29-33)10-6-17-5-8-22-18(13-17)7-9-24(22)31(16-20-15-27-30-28-20)12-11-19-14-26-23-4-2-1-3-21(19)23/h1-6,8,10,13-15,24,26,33H,7,9,11-12,16H2,(H,29,32)(H,27,28,30). The average molecular weight is 443 g/mol. The van der Waals surface area contributed by atoms with Crippen molar-refractivity contribution < 1.29 is 10.0 Å². The van der Waals surface area contributed by atoms with Gasteiger partial charge in [-0.2, -0.15) is 15.4 Å². The number of hydrogen-bond acceptors (Lipinski definition) is 5. The molecule has 5 rings (SSSR count). The first kappa shape index (κ1) is 21.1. The van der Waals surface area contributed by atoms with Gasteiger partial charge in [-0.25, -0.2) is 5.48 Å². The number of rotatable bonds is 8. The first-order valence-electron chi connectivity index (χ1n) is 11.1. The Morgan fingerprint density at radius 1 is 1.27 bits per heavy atom. The molecule has 2 heterocycles. The fourth-order valence-corrected chi connectivity index (χ4v) is 4.76. The second-order valence-corrected chi connectivity index (χ2v) is 8.36. The Morgan fingerprint density at radius 3 is 3.03 bits per heavy atom. The van der Waals surface area contributed by atoms with Crippen LogP contribution in [0.5, 0.6) is 0 Å². The van der Waals surface area contributed by atoms with E-state index in [1.807, 2.05) is 6.07 Å². The number of hydroxylamine groups is 1. The highest BCUT2D eigenvalue weighted by Crippen LogP contribution is 2.37. The molecule has 4 aromatic rings. The van der Waals surface area contributed by atoms with E-state index in [0.717, 1.165) is 49.1 Å². The summed E-state index contributed by atoms with van der Waals surface area (Å²) >= 11 is 0. The molecule has 8 heteroatoms. The number of nitrogens with one attached hydrogen (secondary N) is 3. The molecule has 33 heavy (non-hydrogen) atoms. The van der Waals surface area contributed by atoms with Gasteiger partial charge in [0.15, 0.2) is 0 Å². The van der Waals surface area contributed by atoms with E-state index < -0.39 is 5.91 Å². The predicted molar refractivity (Wildman–Crippen MR) is 125 cm³/mol. The normalized spacial score (nSPS) is 15.5. The van der Waals surface area contributed by atoms with E-state index in [0.29, 0.717) is 6.04 Å². The number of nitrogens with zero attached hydrogens (tertiary/aromatic N) is 3. The van der Waals surface area contributed by atoms with Crippen molar-refractivity contribution in [2.75, 3.05) is 6.54 Å². The summed E-state index contributed by atoms with van der Waals surface area (Å²) in [5.41, 5.74) is 8.59. The smallest absolute Gasteiger partial charge is 0.267 e. The molecular weight excluding hydrogens is 416 g/mol. The number of benzene rings is 2. The van der Waals surface area contributed by atoms with Crippen LogP contribution in [0.1, 0.15) is 40.4 Å². The van der Waals surface area contributed by atoms with Crippen LogP contribution < -0.4 is 5.48 Å². The first-order valence-corrected chi connectivity index (χ1v) is 11.1. The fraction of sp³-hybridized carbons (Fsp3) is 0.240. The van der Waals surface area contributed by atoms with Crippen LogP contribution in [0.25, 0.3) is 17.0 Å². The molecule has 0 radical (unpaired) electrons. The maximum atomic E-state index is 11.3. The Hall–Kier alpha value is -3.75. The van der Waals surface area contributed by atoms with Crippen molar-refractivity contribution >= 4 is 22.9 Å². The quantitative estimate of drug-likeness (QED) is 0.190. The van der Waals surface area contributed by atoms with Gasteiger partial charge in [-0.05, 0) is 53.7 Å². The molecule has 4 N–H and O–H groups in total. The Kier molecular flexibility index (Phi) is 6.01. The van der Waals surface area contributed by atoms with Crippen molar-refractivity contribution in [1.82, 2.24) is 30.8 Å². The third-order valence-electron chi connectivity index (χ3n) is 6.36. The second-order valence-electron chi connectivity index (χ2n) is 8.36. The second kappa shape index (κ2) is 9.40. The Labute approximate surface area is 191 Å². The summed E-state index contributed by atoms with van der Waals surface area (Å²) in [6.45, 7) is 1.62. The molecule has 168 valence electrons. The highest BCUT2D eigenvalue weighted by molar-refractivity contribution is 5.90. The van der Waals surface area contributed by atoms with Crippen molar-refractivity contribution in [3.05, 3.63) is 88.9 Å². The molecule has 0 saturated heterocycles. The van der Waals surface area contributed by atoms with E-state index >= 15 is 0 Å². The van der Waals surface area contributed by atoms with Gasteiger partial charge in [0.05, 0.1) is 11.9 Å². The van der Waals surface area contributed by atoms with Gasteiger partial charge in [0, 0.05) is 42.3 Å². The summed E-state index contributed by atoms with van der Waals surface area (Å²) in [6.07, 6.45) is 9.89. The lowest BCUT2D eigenvalue weighted by Gasteiger charge is -2.29. The molecule has 1 amide bonds.